The Hall–Kier alpha value is -3.03. The monoisotopic (exact) mass is 611 g/mol. The Morgan fingerprint density at radius 2 is 1.74 bits per heavy atom. The molecular weight excluding hydrogens is 561 g/mol. The summed E-state index contributed by atoms with van der Waals surface area (Å²) in [5.74, 6) is 0.550. The number of hydrogen-bond donors (Lipinski definition) is 1. The largest absolute Gasteiger partial charge is 0.394 e. The second-order valence-electron chi connectivity index (χ2n) is 11.4. The Bertz CT molecular complexity index is 1240. The summed E-state index contributed by atoms with van der Waals surface area (Å²) in [6.45, 7) is 17.2. The van der Waals surface area contributed by atoms with E-state index >= 15 is 4.39 Å². The molecule has 0 saturated carbocycles. The lowest BCUT2D eigenvalue weighted by Gasteiger charge is -2.36. The molecule has 2 N–H and O–H groups in total. The van der Waals surface area contributed by atoms with Crippen LogP contribution in [0.4, 0.5) is 15.8 Å². The van der Waals surface area contributed by atoms with Gasteiger partial charge in [-0.05, 0) is 54.8 Å². The highest BCUT2D eigenvalue weighted by atomic mass is 35.5. The third-order valence-corrected chi connectivity index (χ3v) is 8.36. The molecular formula is C35H51ClFN5O. The number of piperazine rings is 1. The molecule has 43 heavy (non-hydrogen) atoms. The highest BCUT2D eigenvalue weighted by Crippen LogP contribution is 2.41. The van der Waals surface area contributed by atoms with E-state index in [1.165, 1.54) is 32.1 Å². The maximum atomic E-state index is 15.6. The molecule has 4 rings (SSSR count). The first-order valence-corrected chi connectivity index (χ1v) is 16.3. The van der Waals surface area contributed by atoms with Crippen LogP contribution in [0.25, 0.3) is 5.57 Å². The minimum atomic E-state index is -0.262. The van der Waals surface area contributed by atoms with Gasteiger partial charge in [-0.15, -0.1) is 0 Å². The molecule has 2 aliphatic rings. The van der Waals surface area contributed by atoms with E-state index in [-0.39, 0.29) is 11.7 Å². The van der Waals surface area contributed by atoms with Crippen LogP contribution in [0.1, 0.15) is 77.3 Å². The van der Waals surface area contributed by atoms with Crippen molar-refractivity contribution >= 4 is 34.4 Å². The van der Waals surface area contributed by atoms with Crippen LogP contribution in [0, 0.1) is 11.7 Å². The van der Waals surface area contributed by atoms with Crippen LogP contribution >= 0.6 is 11.6 Å². The molecule has 2 aromatic rings. The second kappa shape index (κ2) is 17.3. The van der Waals surface area contributed by atoms with Crippen LogP contribution in [0.3, 0.4) is 0 Å². The molecule has 2 heterocycles. The van der Waals surface area contributed by atoms with E-state index in [1.807, 2.05) is 50.4 Å². The standard InChI is InChI=1S/C33H45ClFN5O.C2H6/c1-5-6-7-8-9-24(2)14-19-41-37-33(36)29-23-40(22-26-10-12-27(34)13-11-26)31-21-32(30(35)20-28(31)25(29)3)39-17-15-38(4)16-18-39;1-2/h10-13,20-21,23-24H,3,5-9,14-19,22H2,1-2,4H3,(H2,36,37);1-2H3. The minimum Gasteiger partial charge on any atom is -0.394 e. The molecule has 0 aromatic heterocycles. The highest BCUT2D eigenvalue weighted by Gasteiger charge is 2.27. The van der Waals surface area contributed by atoms with Crippen LogP contribution < -0.4 is 15.5 Å². The number of oxime groups is 1. The maximum Gasteiger partial charge on any atom is 0.172 e. The molecule has 8 heteroatoms. The number of hydrogen-bond acceptors (Lipinski definition) is 5. The molecule has 6 nitrogen and oxygen atoms in total. The van der Waals surface area contributed by atoms with Gasteiger partial charge >= 0.3 is 0 Å². The number of rotatable bonds is 13. The molecule has 0 bridgehead atoms. The van der Waals surface area contributed by atoms with Crippen LogP contribution in [0.15, 0.2) is 59.9 Å². The van der Waals surface area contributed by atoms with Gasteiger partial charge in [0.1, 0.15) is 12.4 Å². The van der Waals surface area contributed by atoms with E-state index in [2.05, 4.69) is 47.3 Å². The first kappa shape index (κ1) is 34.5. The number of unbranched alkanes of at least 4 members (excludes halogenated alkanes) is 3. The van der Waals surface area contributed by atoms with Gasteiger partial charge in [0.2, 0.25) is 0 Å². The van der Waals surface area contributed by atoms with Crippen molar-refractivity contribution in [2.45, 2.75) is 72.8 Å². The zero-order valence-corrected chi connectivity index (χ0v) is 27.6. The van der Waals surface area contributed by atoms with Gasteiger partial charge in [0, 0.05) is 55.1 Å². The maximum absolute atomic E-state index is 15.6. The smallest absolute Gasteiger partial charge is 0.172 e. The summed E-state index contributed by atoms with van der Waals surface area (Å²) in [5, 5.41) is 4.92. The van der Waals surface area contributed by atoms with Gasteiger partial charge < -0.3 is 25.3 Å². The van der Waals surface area contributed by atoms with Crippen molar-refractivity contribution in [3.63, 3.8) is 0 Å². The zero-order chi connectivity index (χ0) is 31.4. The Labute approximate surface area is 264 Å². The molecule has 2 aliphatic heterocycles. The van der Waals surface area contributed by atoms with Gasteiger partial charge in [-0.2, -0.15) is 0 Å². The summed E-state index contributed by atoms with van der Waals surface area (Å²) in [6.07, 6.45) is 9.15. The number of anilines is 2. The van der Waals surface area contributed by atoms with Crippen molar-refractivity contribution in [1.82, 2.24) is 4.90 Å². The molecule has 2 aromatic carbocycles. The Morgan fingerprint density at radius 3 is 2.42 bits per heavy atom. The molecule has 0 amide bonds. The molecule has 236 valence electrons. The Balaban J connectivity index is 0.00000248. The fourth-order valence-electron chi connectivity index (χ4n) is 5.39. The van der Waals surface area contributed by atoms with Gasteiger partial charge in [-0.3, -0.25) is 0 Å². The number of likely N-dealkylation sites (N-methyl/N-ethyl adjacent to an activating group) is 1. The van der Waals surface area contributed by atoms with Crippen LogP contribution in [-0.4, -0.2) is 50.6 Å². The fraction of sp³-hybridized carbons (Fsp3) is 0.514. The van der Waals surface area contributed by atoms with Gasteiger partial charge in [0.25, 0.3) is 0 Å². The normalized spacial score (nSPS) is 16.3. The predicted molar refractivity (Wildman–Crippen MR) is 182 cm³/mol. The number of fused-ring (bicyclic) bond motifs is 1. The average Bonchev–Trinajstić information content (AvgIpc) is 3.01. The van der Waals surface area contributed by atoms with E-state index < -0.39 is 0 Å². The highest BCUT2D eigenvalue weighted by molar-refractivity contribution is 6.30. The second-order valence-corrected chi connectivity index (χ2v) is 11.9. The SMILES string of the molecule is C=C1C(/C(N)=N/OCCC(C)CCCCCC)=CN(Cc2ccc(Cl)cc2)c2cc(N3CCN(C)CC3)c(F)cc21.CC. The summed E-state index contributed by atoms with van der Waals surface area (Å²) >= 11 is 6.14. The predicted octanol–water partition coefficient (Wildman–Crippen LogP) is 8.46. The van der Waals surface area contributed by atoms with E-state index in [4.69, 9.17) is 22.2 Å². The first-order chi connectivity index (χ1) is 20.8. The van der Waals surface area contributed by atoms with Crippen molar-refractivity contribution in [3.8, 4) is 0 Å². The molecule has 1 unspecified atom stereocenters. The number of amidine groups is 1. The van der Waals surface area contributed by atoms with Crippen LogP contribution in [0.2, 0.25) is 5.02 Å². The summed E-state index contributed by atoms with van der Waals surface area (Å²) in [7, 11) is 2.09. The third kappa shape index (κ3) is 9.73. The van der Waals surface area contributed by atoms with Crippen molar-refractivity contribution < 1.29 is 9.23 Å². The molecule has 1 atom stereocenters. The minimum absolute atomic E-state index is 0.237. The van der Waals surface area contributed by atoms with Crippen molar-refractivity contribution in [2.75, 3.05) is 49.6 Å². The van der Waals surface area contributed by atoms with E-state index in [0.29, 0.717) is 46.5 Å². The lowest BCUT2D eigenvalue weighted by Crippen LogP contribution is -2.45. The van der Waals surface area contributed by atoms with Crippen molar-refractivity contribution in [2.24, 2.45) is 16.8 Å². The van der Waals surface area contributed by atoms with E-state index in [1.54, 1.807) is 6.07 Å². The zero-order valence-electron chi connectivity index (χ0n) is 26.8. The molecule has 0 aliphatic carbocycles. The topological polar surface area (TPSA) is 57.3 Å². The van der Waals surface area contributed by atoms with Crippen LogP contribution in [0.5, 0.6) is 0 Å². The lowest BCUT2D eigenvalue weighted by molar-refractivity contribution is 0.129. The van der Waals surface area contributed by atoms with Gasteiger partial charge in [-0.1, -0.05) is 95.3 Å². The molecule has 1 saturated heterocycles. The summed E-state index contributed by atoms with van der Waals surface area (Å²) in [4.78, 5) is 12.1. The van der Waals surface area contributed by atoms with E-state index in [0.717, 1.165) is 43.9 Å². The van der Waals surface area contributed by atoms with E-state index in [9.17, 15) is 0 Å². The van der Waals surface area contributed by atoms with Gasteiger partial charge in [0.15, 0.2) is 5.84 Å². The molecule has 0 spiro atoms. The lowest BCUT2D eigenvalue weighted by atomic mass is 9.92. The molecule has 0 radical (unpaired) electrons. The van der Waals surface area contributed by atoms with Crippen molar-refractivity contribution in [3.05, 3.63) is 76.7 Å². The first-order valence-electron chi connectivity index (χ1n) is 15.9. The Kier molecular flexibility index (Phi) is 13.9. The van der Waals surface area contributed by atoms with Crippen LogP contribution in [-0.2, 0) is 11.4 Å². The number of halogens is 2. The number of nitrogens with zero attached hydrogens (tertiary/aromatic N) is 4. The third-order valence-electron chi connectivity index (χ3n) is 8.11. The fourth-order valence-corrected chi connectivity index (χ4v) is 5.51. The van der Waals surface area contributed by atoms with Crippen molar-refractivity contribution in [1.29, 1.82) is 0 Å². The van der Waals surface area contributed by atoms with Gasteiger partial charge in [-0.25, -0.2) is 4.39 Å². The van der Waals surface area contributed by atoms with Gasteiger partial charge in [0.05, 0.1) is 11.4 Å². The number of benzene rings is 2. The number of nitrogens with two attached hydrogens (primary N) is 1. The Morgan fingerprint density at radius 1 is 1.05 bits per heavy atom. The quantitative estimate of drug-likeness (QED) is 0.107. The average molecular weight is 612 g/mol. The summed E-state index contributed by atoms with van der Waals surface area (Å²) < 4.78 is 15.6. The summed E-state index contributed by atoms with van der Waals surface area (Å²) in [6, 6.07) is 11.3. The molecule has 1 fully saturated rings. The summed E-state index contributed by atoms with van der Waals surface area (Å²) in [5.41, 5.74) is 11.0.